The standard InChI is InChI=1S/C26H29N7O/c1-17-13-32(24-8-7-18(10-27)25-22(24)5-3-9-28-25)16-21(34-17)12-29-20-14-33(15-20)26-30-11-19-4-2-6-23(19)31-26/h3,5,7-9,11,17,20-21,29H,2,4,6,12-16H2,1H3/t17-,21+/m1/s1. The molecule has 6 rings (SSSR count). The van der Waals surface area contributed by atoms with Crippen molar-refractivity contribution in [3.63, 3.8) is 0 Å². The van der Waals surface area contributed by atoms with E-state index in [-0.39, 0.29) is 12.2 Å². The minimum absolute atomic E-state index is 0.0939. The molecule has 0 unspecified atom stereocenters. The monoisotopic (exact) mass is 455 g/mol. The van der Waals surface area contributed by atoms with Crippen molar-refractivity contribution in [2.24, 2.45) is 0 Å². The van der Waals surface area contributed by atoms with Gasteiger partial charge in [0.05, 0.1) is 23.3 Å². The summed E-state index contributed by atoms with van der Waals surface area (Å²) in [5.74, 6) is 0.869. The van der Waals surface area contributed by atoms with Crippen molar-refractivity contribution in [1.29, 1.82) is 5.26 Å². The lowest BCUT2D eigenvalue weighted by molar-refractivity contribution is -0.0161. The number of anilines is 2. The van der Waals surface area contributed by atoms with Crippen LogP contribution in [0.5, 0.6) is 0 Å². The second-order valence-electron chi connectivity index (χ2n) is 9.62. The van der Waals surface area contributed by atoms with Crippen LogP contribution in [0.1, 0.15) is 30.2 Å². The molecule has 3 aliphatic rings. The fourth-order valence-corrected chi connectivity index (χ4v) is 5.40. The first-order chi connectivity index (χ1) is 16.7. The number of nitriles is 1. The fourth-order valence-electron chi connectivity index (χ4n) is 5.40. The minimum atomic E-state index is 0.0939. The Morgan fingerprint density at radius 2 is 2.03 bits per heavy atom. The van der Waals surface area contributed by atoms with E-state index in [1.807, 2.05) is 24.4 Å². The summed E-state index contributed by atoms with van der Waals surface area (Å²) in [7, 11) is 0. The van der Waals surface area contributed by atoms with Gasteiger partial charge in [-0.3, -0.25) is 4.98 Å². The molecule has 4 heterocycles. The van der Waals surface area contributed by atoms with Gasteiger partial charge >= 0.3 is 0 Å². The maximum Gasteiger partial charge on any atom is 0.225 e. The predicted octanol–water partition coefficient (Wildman–Crippen LogP) is 2.46. The highest BCUT2D eigenvalue weighted by Gasteiger charge is 2.32. The van der Waals surface area contributed by atoms with Crippen LogP contribution in [0, 0.1) is 11.3 Å². The van der Waals surface area contributed by atoms with E-state index in [1.165, 1.54) is 17.7 Å². The van der Waals surface area contributed by atoms with Crippen molar-refractivity contribution in [1.82, 2.24) is 20.3 Å². The topological polar surface area (TPSA) is 90.2 Å². The van der Waals surface area contributed by atoms with Gasteiger partial charge in [0.25, 0.3) is 0 Å². The number of pyridine rings is 1. The number of ether oxygens (including phenoxy) is 1. The van der Waals surface area contributed by atoms with E-state index in [4.69, 9.17) is 9.72 Å². The molecule has 8 nitrogen and oxygen atoms in total. The zero-order valence-electron chi connectivity index (χ0n) is 19.4. The van der Waals surface area contributed by atoms with Gasteiger partial charge < -0.3 is 19.9 Å². The van der Waals surface area contributed by atoms with Gasteiger partial charge in [0.15, 0.2) is 0 Å². The van der Waals surface area contributed by atoms with Gasteiger partial charge in [-0.1, -0.05) is 0 Å². The van der Waals surface area contributed by atoms with Crippen LogP contribution < -0.4 is 15.1 Å². The number of aromatic nitrogens is 3. The Morgan fingerprint density at radius 1 is 1.12 bits per heavy atom. The maximum absolute atomic E-state index is 9.46. The lowest BCUT2D eigenvalue weighted by Crippen LogP contribution is -2.61. The van der Waals surface area contributed by atoms with Crippen LogP contribution in [-0.2, 0) is 17.6 Å². The first kappa shape index (κ1) is 21.3. The van der Waals surface area contributed by atoms with E-state index >= 15 is 0 Å². The summed E-state index contributed by atoms with van der Waals surface area (Å²) >= 11 is 0. The number of hydrogen-bond acceptors (Lipinski definition) is 8. The molecule has 1 aliphatic carbocycles. The van der Waals surface area contributed by atoms with Crippen LogP contribution in [0.15, 0.2) is 36.7 Å². The van der Waals surface area contributed by atoms with Crippen LogP contribution in [0.4, 0.5) is 11.6 Å². The van der Waals surface area contributed by atoms with Crippen molar-refractivity contribution < 1.29 is 4.74 Å². The second kappa shape index (κ2) is 8.82. The lowest BCUT2D eigenvalue weighted by atomic mass is 10.1. The van der Waals surface area contributed by atoms with Crippen LogP contribution in [0.25, 0.3) is 10.9 Å². The highest BCUT2D eigenvalue weighted by Crippen LogP contribution is 2.30. The molecule has 0 spiro atoms. The summed E-state index contributed by atoms with van der Waals surface area (Å²) < 4.78 is 6.27. The Hall–Kier alpha value is -3.28. The summed E-state index contributed by atoms with van der Waals surface area (Å²) in [5.41, 5.74) is 5.04. The fraction of sp³-hybridized carbons (Fsp3) is 0.462. The molecule has 2 aliphatic heterocycles. The van der Waals surface area contributed by atoms with Crippen molar-refractivity contribution in [2.75, 3.05) is 42.5 Å². The van der Waals surface area contributed by atoms with Crippen molar-refractivity contribution >= 4 is 22.5 Å². The van der Waals surface area contributed by atoms with Gasteiger partial charge in [-0.25, -0.2) is 9.97 Å². The number of nitrogens with one attached hydrogen (secondary N) is 1. The number of aryl methyl sites for hydroxylation is 2. The van der Waals surface area contributed by atoms with Crippen LogP contribution in [-0.4, -0.2) is 65.9 Å². The minimum Gasteiger partial charge on any atom is -0.370 e. The van der Waals surface area contributed by atoms with Gasteiger partial charge in [0.2, 0.25) is 5.95 Å². The molecular formula is C26H29N7O. The predicted molar refractivity (Wildman–Crippen MR) is 131 cm³/mol. The van der Waals surface area contributed by atoms with Crippen molar-refractivity contribution in [3.8, 4) is 6.07 Å². The van der Waals surface area contributed by atoms with E-state index in [0.29, 0.717) is 11.6 Å². The zero-order valence-corrected chi connectivity index (χ0v) is 19.4. The normalized spacial score (nSPS) is 22.5. The van der Waals surface area contributed by atoms with E-state index in [9.17, 15) is 5.26 Å². The quantitative estimate of drug-likeness (QED) is 0.628. The third kappa shape index (κ3) is 3.95. The number of benzene rings is 1. The smallest absolute Gasteiger partial charge is 0.225 e. The Bertz CT molecular complexity index is 1250. The zero-order chi connectivity index (χ0) is 23.1. The van der Waals surface area contributed by atoms with Gasteiger partial charge in [-0.2, -0.15) is 5.26 Å². The number of rotatable bonds is 5. The van der Waals surface area contributed by atoms with E-state index in [1.54, 1.807) is 6.20 Å². The molecule has 1 N–H and O–H groups in total. The first-order valence-electron chi connectivity index (χ1n) is 12.2. The van der Waals surface area contributed by atoms with Gasteiger partial charge in [-0.05, 0) is 56.0 Å². The van der Waals surface area contributed by atoms with Crippen molar-refractivity contribution in [3.05, 3.63) is 53.5 Å². The molecule has 2 atom stereocenters. The average Bonchev–Trinajstić information content (AvgIpc) is 3.30. The maximum atomic E-state index is 9.46. The molecule has 34 heavy (non-hydrogen) atoms. The highest BCUT2D eigenvalue weighted by atomic mass is 16.5. The molecule has 0 radical (unpaired) electrons. The largest absolute Gasteiger partial charge is 0.370 e. The Labute approximate surface area is 199 Å². The molecule has 8 heteroatoms. The highest BCUT2D eigenvalue weighted by molar-refractivity contribution is 5.95. The third-order valence-corrected chi connectivity index (χ3v) is 7.13. The summed E-state index contributed by atoms with van der Waals surface area (Å²) in [6.07, 6.45) is 7.38. The summed E-state index contributed by atoms with van der Waals surface area (Å²) in [4.78, 5) is 18.5. The number of fused-ring (bicyclic) bond motifs is 2. The second-order valence-corrected chi connectivity index (χ2v) is 9.62. The Balaban J connectivity index is 1.08. The van der Waals surface area contributed by atoms with E-state index in [0.717, 1.165) is 68.1 Å². The molecule has 2 saturated heterocycles. The van der Waals surface area contributed by atoms with Crippen molar-refractivity contribution in [2.45, 2.75) is 44.4 Å². The molecule has 2 fully saturated rings. The van der Waals surface area contributed by atoms with Gasteiger partial charge in [-0.15, -0.1) is 0 Å². The molecule has 3 aromatic rings. The molecule has 2 aromatic heterocycles. The lowest BCUT2D eigenvalue weighted by Gasteiger charge is -2.42. The number of hydrogen-bond donors (Lipinski definition) is 1. The van der Waals surface area contributed by atoms with Crippen LogP contribution in [0.2, 0.25) is 0 Å². The van der Waals surface area contributed by atoms with Gasteiger partial charge in [0.1, 0.15) is 6.07 Å². The summed E-state index contributed by atoms with van der Waals surface area (Å²) in [6.45, 7) is 6.40. The molecular weight excluding hydrogens is 426 g/mol. The van der Waals surface area contributed by atoms with Gasteiger partial charge in [0, 0.05) is 67.9 Å². The third-order valence-electron chi connectivity index (χ3n) is 7.13. The number of nitrogens with zero attached hydrogens (tertiary/aromatic N) is 6. The van der Waals surface area contributed by atoms with E-state index in [2.05, 4.69) is 44.1 Å². The van der Waals surface area contributed by atoms with E-state index < -0.39 is 0 Å². The Kier molecular flexibility index (Phi) is 5.52. The molecule has 1 aromatic carbocycles. The number of morpholine rings is 1. The van der Waals surface area contributed by atoms with Crippen LogP contribution >= 0.6 is 0 Å². The molecule has 0 saturated carbocycles. The molecule has 0 bridgehead atoms. The molecule has 0 amide bonds. The SMILES string of the molecule is C[C@@H]1CN(c2ccc(C#N)c3ncccc23)C[C@H](CNC2CN(c3ncc4c(n3)CCC4)C2)O1. The average molecular weight is 456 g/mol. The first-order valence-corrected chi connectivity index (χ1v) is 12.2. The summed E-state index contributed by atoms with van der Waals surface area (Å²) in [5, 5.41) is 14.2. The van der Waals surface area contributed by atoms with Crippen LogP contribution in [0.3, 0.4) is 0 Å². The Morgan fingerprint density at radius 3 is 2.91 bits per heavy atom. The molecule has 174 valence electrons. The summed E-state index contributed by atoms with van der Waals surface area (Å²) in [6, 6.07) is 10.6.